The first-order valence-electron chi connectivity index (χ1n) is 5.46. The third-order valence-corrected chi connectivity index (χ3v) is 2.46. The van der Waals surface area contributed by atoms with E-state index >= 15 is 0 Å². The lowest BCUT2D eigenvalue weighted by Crippen LogP contribution is -2.12. The zero-order valence-electron chi connectivity index (χ0n) is 10.1. The van der Waals surface area contributed by atoms with E-state index in [-0.39, 0.29) is 5.56 Å². The second-order valence-corrected chi connectivity index (χ2v) is 3.87. The van der Waals surface area contributed by atoms with E-state index in [2.05, 4.69) is 0 Å². The first-order valence-corrected chi connectivity index (χ1v) is 5.46. The van der Waals surface area contributed by atoms with Crippen LogP contribution in [-0.2, 0) is 4.74 Å². The predicted octanol–water partition coefficient (Wildman–Crippen LogP) is 2.89. The third kappa shape index (κ3) is 2.48. The van der Waals surface area contributed by atoms with Gasteiger partial charge in [0.25, 0.3) is 0 Å². The maximum atomic E-state index is 11.8. The molecule has 1 heterocycles. The van der Waals surface area contributed by atoms with Crippen molar-refractivity contribution in [2.24, 2.45) is 0 Å². The average Bonchev–Trinajstić information content (AvgIpc) is 2.69. The number of esters is 2. The summed E-state index contributed by atoms with van der Waals surface area (Å²) in [5.41, 5.74) is 0.612. The van der Waals surface area contributed by atoms with E-state index in [1.807, 2.05) is 0 Å². The number of hydrogen-bond acceptors (Lipinski definition) is 4. The Labute approximate surface area is 104 Å². The fourth-order valence-corrected chi connectivity index (χ4v) is 1.61. The summed E-state index contributed by atoms with van der Waals surface area (Å²) < 4.78 is 9.99. The van der Waals surface area contributed by atoms with Crippen LogP contribution >= 0.6 is 0 Å². The molecule has 2 aromatic rings. The Balaban J connectivity index is 2.13. The van der Waals surface area contributed by atoms with Crippen LogP contribution in [0.3, 0.4) is 0 Å². The zero-order valence-corrected chi connectivity index (χ0v) is 10.1. The van der Waals surface area contributed by atoms with Gasteiger partial charge in [-0.2, -0.15) is 0 Å². The predicted molar refractivity (Wildman–Crippen MR) is 64.4 cm³/mol. The molecule has 92 valence electrons. The summed E-state index contributed by atoms with van der Waals surface area (Å²) >= 11 is 0. The summed E-state index contributed by atoms with van der Waals surface area (Å²) in [6.45, 7) is 3.37. The van der Waals surface area contributed by atoms with Gasteiger partial charge in [0.05, 0.1) is 5.56 Å². The number of carbonyl (C=O) groups is 2. The van der Waals surface area contributed by atoms with Gasteiger partial charge < -0.3 is 9.15 Å². The Bertz CT molecular complexity index is 581. The van der Waals surface area contributed by atoms with E-state index in [0.29, 0.717) is 17.1 Å². The molecule has 4 heteroatoms. The molecule has 0 aliphatic carbocycles. The highest BCUT2D eigenvalue weighted by molar-refractivity contribution is 6.03. The van der Waals surface area contributed by atoms with E-state index in [1.54, 1.807) is 50.2 Å². The first kappa shape index (κ1) is 12.1. The molecule has 1 aromatic heterocycles. The number of rotatable bonds is 2. The largest absolute Gasteiger partial charge is 0.466 e. The molecule has 0 aliphatic rings. The molecule has 0 fully saturated rings. The van der Waals surface area contributed by atoms with Crippen LogP contribution in [0, 0.1) is 13.8 Å². The maximum absolute atomic E-state index is 11.8. The van der Waals surface area contributed by atoms with Crippen molar-refractivity contribution in [1.29, 1.82) is 0 Å². The van der Waals surface area contributed by atoms with E-state index < -0.39 is 11.9 Å². The molecule has 0 unspecified atom stereocenters. The SMILES string of the molecule is Cc1cc(C(=O)OC(=O)c2ccccc2)c(C)o1. The van der Waals surface area contributed by atoms with Crippen LogP contribution in [0.1, 0.15) is 32.2 Å². The Kier molecular flexibility index (Phi) is 3.28. The van der Waals surface area contributed by atoms with Crippen molar-refractivity contribution in [2.45, 2.75) is 13.8 Å². The Hall–Kier alpha value is -2.36. The van der Waals surface area contributed by atoms with Crippen molar-refractivity contribution in [2.75, 3.05) is 0 Å². The molecule has 0 radical (unpaired) electrons. The topological polar surface area (TPSA) is 56.5 Å². The van der Waals surface area contributed by atoms with Gasteiger partial charge in [0.2, 0.25) is 0 Å². The molecule has 0 spiro atoms. The van der Waals surface area contributed by atoms with Gasteiger partial charge in [0.1, 0.15) is 17.1 Å². The monoisotopic (exact) mass is 244 g/mol. The molecule has 0 saturated heterocycles. The molecule has 0 aliphatic heterocycles. The van der Waals surface area contributed by atoms with Crippen molar-refractivity contribution >= 4 is 11.9 Å². The Morgan fingerprint density at radius 1 is 1.06 bits per heavy atom. The van der Waals surface area contributed by atoms with Crippen LogP contribution in [0.5, 0.6) is 0 Å². The molecule has 0 N–H and O–H groups in total. The smallest absolute Gasteiger partial charge is 0.349 e. The van der Waals surface area contributed by atoms with Crippen molar-refractivity contribution in [3.05, 3.63) is 59.0 Å². The third-order valence-electron chi connectivity index (χ3n) is 2.46. The zero-order chi connectivity index (χ0) is 13.1. The van der Waals surface area contributed by atoms with Gasteiger partial charge in [-0.15, -0.1) is 0 Å². The van der Waals surface area contributed by atoms with Crippen molar-refractivity contribution < 1.29 is 18.7 Å². The van der Waals surface area contributed by atoms with Gasteiger partial charge >= 0.3 is 11.9 Å². The molecule has 0 amide bonds. The highest BCUT2D eigenvalue weighted by Gasteiger charge is 2.19. The van der Waals surface area contributed by atoms with E-state index in [1.165, 1.54) is 0 Å². The normalized spacial score (nSPS) is 10.1. The lowest BCUT2D eigenvalue weighted by atomic mass is 10.2. The number of ether oxygens (including phenoxy) is 1. The van der Waals surface area contributed by atoms with Gasteiger partial charge in [0, 0.05) is 0 Å². The van der Waals surface area contributed by atoms with E-state index in [9.17, 15) is 9.59 Å². The molecule has 2 rings (SSSR count). The lowest BCUT2D eigenvalue weighted by Gasteiger charge is -2.01. The van der Waals surface area contributed by atoms with Crippen molar-refractivity contribution in [3.8, 4) is 0 Å². The summed E-state index contributed by atoms with van der Waals surface area (Å²) in [6, 6.07) is 9.91. The Morgan fingerprint density at radius 3 is 2.28 bits per heavy atom. The van der Waals surface area contributed by atoms with Crippen LogP contribution < -0.4 is 0 Å². The fraction of sp³-hybridized carbons (Fsp3) is 0.143. The summed E-state index contributed by atoms with van der Waals surface area (Å²) in [7, 11) is 0. The van der Waals surface area contributed by atoms with Gasteiger partial charge in [0.15, 0.2) is 0 Å². The number of furan rings is 1. The summed E-state index contributed by atoms with van der Waals surface area (Å²) in [4.78, 5) is 23.4. The standard InChI is InChI=1S/C14H12O4/c1-9-8-12(10(2)17-9)14(16)18-13(15)11-6-4-3-5-7-11/h3-8H,1-2H3. The molecule has 0 saturated carbocycles. The number of carbonyl (C=O) groups excluding carboxylic acids is 2. The molecule has 1 aromatic carbocycles. The van der Waals surface area contributed by atoms with E-state index in [0.717, 1.165) is 0 Å². The highest BCUT2D eigenvalue weighted by Crippen LogP contribution is 2.15. The van der Waals surface area contributed by atoms with Crippen LogP contribution in [0.2, 0.25) is 0 Å². The number of aryl methyl sites for hydroxylation is 2. The molecular weight excluding hydrogens is 232 g/mol. The number of benzene rings is 1. The van der Waals surface area contributed by atoms with Crippen molar-refractivity contribution in [1.82, 2.24) is 0 Å². The van der Waals surface area contributed by atoms with Crippen LogP contribution in [0.15, 0.2) is 40.8 Å². The first-order chi connectivity index (χ1) is 8.58. The van der Waals surface area contributed by atoms with Crippen LogP contribution in [0.4, 0.5) is 0 Å². The molecule has 0 bridgehead atoms. The van der Waals surface area contributed by atoms with Gasteiger partial charge in [-0.25, -0.2) is 9.59 Å². The second kappa shape index (κ2) is 4.87. The minimum Gasteiger partial charge on any atom is -0.466 e. The summed E-state index contributed by atoms with van der Waals surface area (Å²) in [6.07, 6.45) is 0. The summed E-state index contributed by atoms with van der Waals surface area (Å²) in [5.74, 6) is -0.318. The minimum absolute atomic E-state index is 0.275. The van der Waals surface area contributed by atoms with Crippen LogP contribution in [-0.4, -0.2) is 11.9 Å². The van der Waals surface area contributed by atoms with Gasteiger partial charge in [-0.1, -0.05) is 18.2 Å². The lowest BCUT2D eigenvalue weighted by molar-refractivity contribution is 0.0397. The van der Waals surface area contributed by atoms with Gasteiger partial charge in [-0.05, 0) is 32.0 Å². The molecule has 18 heavy (non-hydrogen) atoms. The van der Waals surface area contributed by atoms with Crippen LogP contribution in [0.25, 0.3) is 0 Å². The Morgan fingerprint density at radius 2 is 1.72 bits per heavy atom. The fourth-order valence-electron chi connectivity index (χ4n) is 1.61. The molecule has 0 atom stereocenters. The molecule has 4 nitrogen and oxygen atoms in total. The number of hydrogen-bond donors (Lipinski definition) is 0. The minimum atomic E-state index is -0.696. The quantitative estimate of drug-likeness (QED) is 0.602. The maximum Gasteiger partial charge on any atom is 0.349 e. The second-order valence-electron chi connectivity index (χ2n) is 3.87. The highest BCUT2D eigenvalue weighted by atomic mass is 16.6. The molecular formula is C14H12O4. The summed E-state index contributed by atoms with van der Waals surface area (Å²) in [5, 5.41) is 0. The average molecular weight is 244 g/mol. The van der Waals surface area contributed by atoms with Crippen molar-refractivity contribution in [3.63, 3.8) is 0 Å². The van der Waals surface area contributed by atoms with E-state index in [4.69, 9.17) is 9.15 Å². The van der Waals surface area contributed by atoms with Gasteiger partial charge in [-0.3, -0.25) is 0 Å².